The highest BCUT2D eigenvalue weighted by Gasteiger charge is 2.30. The Morgan fingerprint density at radius 1 is 1.39 bits per heavy atom. The van der Waals surface area contributed by atoms with E-state index in [4.69, 9.17) is 5.11 Å². The number of hydrogen-bond donors (Lipinski definition) is 1. The van der Waals surface area contributed by atoms with Crippen LogP contribution in [0.1, 0.15) is 29.6 Å². The number of carbonyl (C=O) groups excluding carboxylic acids is 1. The average molecular weight is 255 g/mol. The lowest BCUT2D eigenvalue weighted by Crippen LogP contribution is -2.45. The van der Waals surface area contributed by atoms with E-state index in [1.54, 1.807) is 0 Å². The van der Waals surface area contributed by atoms with Crippen molar-refractivity contribution in [2.75, 3.05) is 13.2 Å². The Labute approximate surface area is 104 Å². The zero-order valence-electron chi connectivity index (χ0n) is 9.90. The molecule has 5 heteroatoms. The van der Waals surface area contributed by atoms with E-state index in [9.17, 15) is 13.6 Å². The molecule has 1 aliphatic carbocycles. The van der Waals surface area contributed by atoms with Gasteiger partial charge in [-0.25, -0.2) is 8.78 Å². The Bertz CT molecular complexity index is 447. The minimum Gasteiger partial charge on any atom is -0.395 e. The molecule has 0 spiro atoms. The number of halogens is 2. The predicted octanol–water partition coefficient (Wildman–Crippen LogP) is 1.95. The minimum atomic E-state index is -0.733. The highest BCUT2D eigenvalue weighted by Crippen LogP contribution is 2.26. The van der Waals surface area contributed by atoms with Crippen LogP contribution in [0.5, 0.6) is 0 Å². The zero-order valence-corrected chi connectivity index (χ0v) is 9.90. The highest BCUT2D eigenvalue weighted by molar-refractivity contribution is 5.94. The summed E-state index contributed by atoms with van der Waals surface area (Å²) in [6.07, 6.45) is 2.72. The maximum absolute atomic E-state index is 13.5. The molecule has 0 aliphatic heterocycles. The van der Waals surface area contributed by atoms with Crippen LogP contribution >= 0.6 is 0 Å². The monoisotopic (exact) mass is 255 g/mol. The van der Waals surface area contributed by atoms with Gasteiger partial charge >= 0.3 is 0 Å². The van der Waals surface area contributed by atoms with Gasteiger partial charge in [0.2, 0.25) is 0 Å². The van der Waals surface area contributed by atoms with Crippen molar-refractivity contribution in [2.45, 2.75) is 25.3 Å². The third kappa shape index (κ3) is 2.51. The van der Waals surface area contributed by atoms with Crippen molar-refractivity contribution in [1.82, 2.24) is 4.90 Å². The molecule has 1 saturated carbocycles. The minimum absolute atomic E-state index is 0.0346. The van der Waals surface area contributed by atoms with E-state index < -0.39 is 17.5 Å². The van der Waals surface area contributed by atoms with Gasteiger partial charge in [0, 0.05) is 12.6 Å². The van der Waals surface area contributed by atoms with Crippen molar-refractivity contribution in [3.63, 3.8) is 0 Å². The smallest absolute Gasteiger partial charge is 0.257 e. The third-order valence-corrected chi connectivity index (χ3v) is 3.28. The first-order valence-corrected chi connectivity index (χ1v) is 6.00. The van der Waals surface area contributed by atoms with E-state index in [1.807, 2.05) is 0 Å². The molecular weight excluding hydrogens is 240 g/mol. The number of nitrogens with zero attached hydrogens (tertiary/aromatic N) is 1. The van der Waals surface area contributed by atoms with Crippen LogP contribution in [-0.4, -0.2) is 35.1 Å². The molecule has 98 valence electrons. The average Bonchev–Trinajstić information content (AvgIpc) is 2.28. The molecule has 1 amide bonds. The van der Waals surface area contributed by atoms with Crippen LogP contribution in [0, 0.1) is 11.6 Å². The van der Waals surface area contributed by atoms with Crippen LogP contribution in [-0.2, 0) is 0 Å². The predicted molar refractivity (Wildman–Crippen MR) is 62.1 cm³/mol. The van der Waals surface area contributed by atoms with Crippen molar-refractivity contribution in [1.29, 1.82) is 0 Å². The Kier molecular flexibility index (Phi) is 3.91. The highest BCUT2D eigenvalue weighted by atomic mass is 19.1. The first kappa shape index (κ1) is 13.0. The Hall–Kier alpha value is -1.49. The van der Waals surface area contributed by atoms with Gasteiger partial charge in [-0.15, -0.1) is 0 Å². The fourth-order valence-corrected chi connectivity index (χ4v) is 2.07. The van der Waals surface area contributed by atoms with E-state index in [1.165, 1.54) is 4.90 Å². The van der Waals surface area contributed by atoms with Gasteiger partial charge < -0.3 is 10.0 Å². The van der Waals surface area contributed by atoms with Crippen LogP contribution in [0.2, 0.25) is 0 Å². The molecule has 0 bridgehead atoms. The topological polar surface area (TPSA) is 40.5 Å². The molecule has 0 unspecified atom stereocenters. The Morgan fingerprint density at radius 2 is 2.11 bits per heavy atom. The summed E-state index contributed by atoms with van der Waals surface area (Å²) >= 11 is 0. The summed E-state index contributed by atoms with van der Waals surface area (Å²) in [6, 6.07) is 2.86. The van der Waals surface area contributed by atoms with Crippen LogP contribution in [0.15, 0.2) is 18.2 Å². The summed E-state index contributed by atoms with van der Waals surface area (Å²) in [7, 11) is 0. The van der Waals surface area contributed by atoms with Crippen LogP contribution < -0.4 is 0 Å². The molecule has 1 aromatic rings. The largest absolute Gasteiger partial charge is 0.395 e. The third-order valence-electron chi connectivity index (χ3n) is 3.28. The van der Waals surface area contributed by atoms with E-state index >= 15 is 0 Å². The molecule has 0 radical (unpaired) electrons. The molecule has 18 heavy (non-hydrogen) atoms. The molecular formula is C13H15F2NO2. The van der Waals surface area contributed by atoms with Crippen LogP contribution in [0.4, 0.5) is 8.78 Å². The Morgan fingerprint density at radius 3 is 2.67 bits per heavy atom. The molecule has 0 aromatic heterocycles. The molecule has 3 nitrogen and oxygen atoms in total. The maximum atomic E-state index is 13.5. The summed E-state index contributed by atoms with van der Waals surface area (Å²) in [6.45, 7) is -0.0291. The summed E-state index contributed by atoms with van der Waals surface area (Å²) < 4.78 is 26.6. The van der Waals surface area contributed by atoms with Gasteiger partial charge in [-0.1, -0.05) is 0 Å². The molecule has 1 fully saturated rings. The number of benzene rings is 1. The second-order valence-corrected chi connectivity index (χ2v) is 4.43. The van der Waals surface area contributed by atoms with E-state index in [0.717, 1.165) is 37.5 Å². The summed E-state index contributed by atoms with van der Waals surface area (Å²) in [5.74, 6) is -1.92. The lowest BCUT2D eigenvalue weighted by molar-refractivity contribution is 0.0520. The van der Waals surface area contributed by atoms with Crippen LogP contribution in [0.25, 0.3) is 0 Å². The van der Waals surface area contributed by atoms with Crippen LogP contribution in [0.3, 0.4) is 0 Å². The van der Waals surface area contributed by atoms with Gasteiger partial charge in [0.05, 0.1) is 12.2 Å². The fourth-order valence-electron chi connectivity index (χ4n) is 2.07. The molecule has 0 saturated heterocycles. The number of carbonyl (C=O) groups is 1. The number of rotatable bonds is 4. The molecule has 2 rings (SSSR count). The molecule has 1 N–H and O–H groups in total. The van der Waals surface area contributed by atoms with Crippen molar-refractivity contribution in [3.8, 4) is 0 Å². The fraction of sp³-hybridized carbons (Fsp3) is 0.462. The van der Waals surface area contributed by atoms with Gasteiger partial charge in [-0.2, -0.15) is 0 Å². The van der Waals surface area contributed by atoms with Crippen molar-refractivity contribution in [3.05, 3.63) is 35.4 Å². The summed E-state index contributed by atoms with van der Waals surface area (Å²) in [5.41, 5.74) is -0.268. The number of hydrogen-bond acceptors (Lipinski definition) is 2. The number of aliphatic hydroxyl groups is 1. The quantitative estimate of drug-likeness (QED) is 0.893. The van der Waals surface area contributed by atoms with E-state index in [2.05, 4.69) is 0 Å². The first-order chi connectivity index (χ1) is 8.63. The van der Waals surface area contributed by atoms with E-state index in [0.29, 0.717) is 0 Å². The van der Waals surface area contributed by atoms with Crippen molar-refractivity contribution >= 4 is 5.91 Å². The molecule has 0 heterocycles. The second-order valence-electron chi connectivity index (χ2n) is 4.43. The molecule has 1 aromatic carbocycles. The number of amides is 1. The zero-order chi connectivity index (χ0) is 13.1. The van der Waals surface area contributed by atoms with Gasteiger partial charge in [0.15, 0.2) is 0 Å². The summed E-state index contributed by atoms with van der Waals surface area (Å²) in [5, 5.41) is 8.96. The van der Waals surface area contributed by atoms with E-state index in [-0.39, 0.29) is 24.8 Å². The Balaban J connectivity index is 2.23. The lowest BCUT2D eigenvalue weighted by atomic mass is 9.91. The molecule has 0 atom stereocenters. The number of aliphatic hydroxyl groups excluding tert-OH is 1. The summed E-state index contributed by atoms with van der Waals surface area (Å²) in [4.78, 5) is 13.6. The van der Waals surface area contributed by atoms with Gasteiger partial charge in [-0.3, -0.25) is 4.79 Å². The SMILES string of the molecule is O=C(c1cc(F)ccc1F)N(CCO)C1CCC1. The maximum Gasteiger partial charge on any atom is 0.257 e. The van der Waals surface area contributed by atoms with Gasteiger partial charge in [0.25, 0.3) is 5.91 Å². The van der Waals surface area contributed by atoms with Crippen molar-refractivity contribution in [2.24, 2.45) is 0 Å². The van der Waals surface area contributed by atoms with Gasteiger partial charge in [0.1, 0.15) is 11.6 Å². The van der Waals surface area contributed by atoms with Gasteiger partial charge in [-0.05, 0) is 37.5 Å². The molecule has 1 aliphatic rings. The lowest BCUT2D eigenvalue weighted by Gasteiger charge is -2.37. The normalized spacial score (nSPS) is 15.3. The second kappa shape index (κ2) is 5.44. The first-order valence-electron chi connectivity index (χ1n) is 6.00. The standard InChI is InChI=1S/C13H15F2NO2/c14-9-4-5-12(15)11(8-9)13(18)16(6-7-17)10-2-1-3-10/h4-5,8,10,17H,1-3,6-7H2. The van der Waals surface area contributed by atoms with Crippen molar-refractivity contribution < 1.29 is 18.7 Å².